The molecule has 2 aromatic rings. The Morgan fingerprint density at radius 2 is 2.10 bits per heavy atom. The highest BCUT2D eigenvalue weighted by Crippen LogP contribution is 2.33. The number of unbranched alkanes of at least 4 members (excludes halogenated alkanes) is 1. The molecule has 1 atom stereocenters. The van der Waals surface area contributed by atoms with Crippen LogP contribution in [0.15, 0.2) is 10.9 Å². The summed E-state index contributed by atoms with van der Waals surface area (Å²) in [5.74, 6) is 0.473. The van der Waals surface area contributed by atoms with Crippen molar-refractivity contribution in [2.45, 2.75) is 65.7 Å². The van der Waals surface area contributed by atoms with E-state index in [1.54, 1.807) is 17.4 Å². The molecule has 3 nitrogen and oxygen atoms in total. The van der Waals surface area contributed by atoms with E-state index < -0.39 is 0 Å². The van der Waals surface area contributed by atoms with Crippen molar-refractivity contribution in [2.24, 2.45) is 0 Å². The molecule has 0 bridgehead atoms. The lowest BCUT2D eigenvalue weighted by atomic mass is 9.94. The van der Waals surface area contributed by atoms with Gasteiger partial charge in [-0.05, 0) is 26.2 Å². The molecule has 0 spiro atoms. The van der Waals surface area contributed by atoms with E-state index in [2.05, 4.69) is 25.8 Å². The van der Waals surface area contributed by atoms with Crippen LogP contribution in [0.5, 0.6) is 0 Å². The molecular formula is C16H24N2OS. The molecule has 4 heteroatoms. The van der Waals surface area contributed by atoms with Gasteiger partial charge in [0.05, 0.1) is 0 Å². The fourth-order valence-electron chi connectivity index (χ4n) is 2.80. The molecule has 2 heterocycles. The molecule has 0 N–H and O–H groups in total. The lowest BCUT2D eigenvalue weighted by molar-refractivity contribution is 0.549. The van der Waals surface area contributed by atoms with E-state index in [0.717, 1.165) is 29.9 Å². The largest absolute Gasteiger partial charge is 0.269 e. The molecule has 0 aliphatic carbocycles. The summed E-state index contributed by atoms with van der Waals surface area (Å²) < 4.78 is 1.86. The minimum Gasteiger partial charge on any atom is -0.269 e. The maximum atomic E-state index is 12.4. The smallest absolute Gasteiger partial charge is 0.258 e. The molecular weight excluding hydrogens is 268 g/mol. The third kappa shape index (κ3) is 2.80. The lowest BCUT2D eigenvalue weighted by Crippen LogP contribution is -2.18. The van der Waals surface area contributed by atoms with Crippen LogP contribution in [0.25, 0.3) is 4.96 Å². The molecule has 0 amide bonds. The van der Waals surface area contributed by atoms with Crippen molar-refractivity contribution in [3.05, 3.63) is 32.7 Å². The number of hydrogen-bond acceptors (Lipinski definition) is 3. The van der Waals surface area contributed by atoms with Crippen LogP contribution >= 0.6 is 11.3 Å². The number of aromatic nitrogens is 2. The first kappa shape index (κ1) is 15.2. The second kappa shape index (κ2) is 6.53. The number of thiazole rings is 1. The van der Waals surface area contributed by atoms with Crippen molar-refractivity contribution in [2.75, 3.05) is 0 Å². The van der Waals surface area contributed by atoms with Crippen molar-refractivity contribution in [3.63, 3.8) is 0 Å². The van der Waals surface area contributed by atoms with Crippen LogP contribution in [0.1, 0.15) is 68.6 Å². The van der Waals surface area contributed by atoms with Crippen LogP contribution < -0.4 is 5.56 Å². The summed E-state index contributed by atoms with van der Waals surface area (Å²) in [5, 5.41) is 0. The summed E-state index contributed by atoms with van der Waals surface area (Å²) in [6.07, 6.45) is 5.63. The van der Waals surface area contributed by atoms with Gasteiger partial charge in [0, 0.05) is 28.2 Å². The number of rotatable bonds is 6. The highest BCUT2D eigenvalue weighted by Gasteiger charge is 2.20. The lowest BCUT2D eigenvalue weighted by Gasteiger charge is -2.16. The Morgan fingerprint density at radius 1 is 1.35 bits per heavy atom. The van der Waals surface area contributed by atoms with Gasteiger partial charge in [0.1, 0.15) is 0 Å². The third-order valence-electron chi connectivity index (χ3n) is 3.86. The van der Waals surface area contributed by atoms with Gasteiger partial charge in [0.15, 0.2) is 4.96 Å². The summed E-state index contributed by atoms with van der Waals surface area (Å²) in [6, 6.07) is 1.65. The van der Waals surface area contributed by atoms with Crippen LogP contribution in [0.2, 0.25) is 0 Å². The van der Waals surface area contributed by atoms with E-state index in [9.17, 15) is 4.79 Å². The Balaban J connectivity index is 2.62. The summed E-state index contributed by atoms with van der Waals surface area (Å²) in [5.41, 5.74) is 2.11. The molecule has 110 valence electrons. The standard InChI is InChI=1S/C16H24N2OS/c1-5-8-9-12(6-2)15-13(7-3)20-16-17-11(4)10-14(19)18(15)16/h10,12H,5-9H2,1-4H3. The first-order chi connectivity index (χ1) is 9.62. The monoisotopic (exact) mass is 292 g/mol. The van der Waals surface area contributed by atoms with Gasteiger partial charge in [-0.25, -0.2) is 4.98 Å². The van der Waals surface area contributed by atoms with Crippen molar-refractivity contribution in [1.29, 1.82) is 0 Å². The Morgan fingerprint density at radius 3 is 2.70 bits per heavy atom. The van der Waals surface area contributed by atoms with Gasteiger partial charge in [-0.1, -0.05) is 33.6 Å². The van der Waals surface area contributed by atoms with Crippen LogP contribution in [0, 0.1) is 6.92 Å². The Bertz CT molecular complexity index is 642. The number of aryl methyl sites for hydroxylation is 2. The average molecular weight is 292 g/mol. The number of hydrogen-bond donors (Lipinski definition) is 0. The van der Waals surface area contributed by atoms with Crippen LogP contribution in [0.4, 0.5) is 0 Å². The fourth-order valence-corrected chi connectivity index (χ4v) is 3.99. The Kier molecular flexibility index (Phi) is 4.97. The Hall–Kier alpha value is -1.16. The van der Waals surface area contributed by atoms with Gasteiger partial charge in [0.25, 0.3) is 5.56 Å². The van der Waals surface area contributed by atoms with E-state index >= 15 is 0 Å². The minimum atomic E-state index is 0.0772. The van der Waals surface area contributed by atoms with Gasteiger partial charge >= 0.3 is 0 Å². The number of nitrogens with zero attached hydrogens (tertiary/aromatic N) is 2. The topological polar surface area (TPSA) is 34.4 Å². The molecule has 0 saturated carbocycles. The molecule has 2 rings (SSSR count). The first-order valence-electron chi connectivity index (χ1n) is 7.64. The second-order valence-electron chi connectivity index (χ2n) is 5.37. The zero-order chi connectivity index (χ0) is 14.7. The minimum absolute atomic E-state index is 0.0772. The summed E-state index contributed by atoms with van der Waals surface area (Å²) in [7, 11) is 0. The van der Waals surface area contributed by atoms with E-state index in [1.165, 1.54) is 23.4 Å². The van der Waals surface area contributed by atoms with Crippen molar-refractivity contribution >= 4 is 16.3 Å². The molecule has 0 aromatic carbocycles. The molecule has 0 aliphatic heterocycles. The quantitative estimate of drug-likeness (QED) is 0.795. The van der Waals surface area contributed by atoms with Gasteiger partial charge < -0.3 is 0 Å². The Labute approximate surface area is 124 Å². The average Bonchev–Trinajstić information content (AvgIpc) is 2.78. The summed E-state index contributed by atoms with van der Waals surface area (Å²) in [6.45, 7) is 8.49. The van der Waals surface area contributed by atoms with Crippen LogP contribution in [-0.2, 0) is 6.42 Å². The fraction of sp³-hybridized carbons (Fsp3) is 0.625. The normalized spacial score (nSPS) is 13.0. The van der Waals surface area contributed by atoms with Crippen molar-refractivity contribution in [3.8, 4) is 0 Å². The van der Waals surface area contributed by atoms with Gasteiger partial charge in [-0.2, -0.15) is 0 Å². The predicted molar refractivity (Wildman–Crippen MR) is 86.0 cm³/mol. The second-order valence-corrected chi connectivity index (χ2v) is 6.43. The molecule has 0 fully saturated rings. The molecule has 0 radical (unpaired) electrons. The van der Waals surface area contributed by atoms with E-state index in [0.29, 0.717) is 5.92 Å². The highest BCUT2D eigenvalue weighted by atomic mass is 32.1. The number of fused-ring (bicyclic) bond motifs is 1. The SMILES string of the molecule is CCCCC(CC)c1c(CC)sc2nc(C)cc(=O)n12. The zero-order valence-corrected chi connectivity index (χ0v) is 13.7. The van der Waals surface area contributed by atoms with E-state index in [-0.39, 0.29) is 5.56 Å². The van der Waals surface area contributed by atoms with Gasteiger partial charge in [0.2, 0.25) is 0 Å². The molecule has 20 heavy (non-hydrogen) atoms. The van der Waals surface area contributed by atoms with E-state index in [4.69, 9.17) is 0 Å². The predicted octanol–water partition coefficient (Wildman–Crippen LogP) is 4.31. The summed E-state index contributed by atoms with van der Waals surface area (Å²) in [4.78, 5) is 19.1. The van der Waals surface area contributed by atoms with Crippen LogP contribution in [-0.4, -0.2) is 9.38 Å². The molecule has 0 aliphatic rings. The third-order valence-corrected chi connectivity index (χ3v) is 5.06. The zero-order valence-electron chi connectivity index (χ0n) is 12.9. The first-order valence-corrected chi connectivity index (χ1v) is 8.45. The molecule has 1 unspecified atom stereocenters. The van der Waals surface area contributed by atoms with Gasteiger partial charge in [-0.15, -0.1) is 11.3 Å². The van der Waals surface area contributed by atoms with Crippen LogP contribution in [0.3, 0.4) is 0 Å². The maximum absolute atomic E-state index is 12.4. The summed E-state index contributed by atoms with van der Waals surface area (Å²) >= 11 is 1.68. The van der Waals surface area contributed by atoms with Gasteiger partial charge in [-0.3, -0.25) is 9.20 Å². The highest BCUT2D eigenvalue weighted by molar-refractivity contribution is 7.17. The van der Waals surface area contributed by atoms with Crippen molar-refractivity contribution in [1.82, 2.24) is 9.38 Å². The molecule has 0 saturated heterocycles. The van der Waals surface area contributed by atoms with Crippen molar-refractivity contribution < 1.29 is 0 Å². The van der Waals surface area contributed by atoms with E-state index in [1.807, 2.05) is 11.3 Å². The maximum Gasteiger partial charge on any atom is 0.258 e. The molecule has 2 aromatic heterocycles.